The molecule has 0 bridgehead atoms. The predicted octanol–water partition coefficient (Wildman–Crippen LogP) is 3.81. The fraction of sp³-hybridized carbons (Fsp3) is 0.0667. The lowest BCUT2D eigenvalue weighted by molar-refractivity contribution is 0.424. The highest BCUT2D eigenvalue weighted by Crippen LogP contribution is 2.27. The summed E-state index contributed by atoms with van der Waals surface area (Å²) in [4.78, 5) is 4.32. The van der Waals surface area contributed by atoms with Crippen molar-refractivity contribution in [3.63, 3.8) is 0 Å². The van der Waals surface area contributed by atoms with Crippen LogP contribution in [0, 0.1) is 5.82 Å². The van der Waals surface area contributed by atoms with Gasteiger partial charge in [-0.05, 0) is 35.9 Å². The van der Waals surface area contributed by atoms with E-state index >= 15 is 0 Å². The van der Waals surface area contributed by atoms with E-state index in [1.165, 1.54) is 12.1 Å². The van der Waals surface area contributed by atoms with Crippen LogP contribution in [0.4, 0.5) is 10.1 Å². The standard InChI is InChI=1S/C15H11BrFN3O/c16-10-3-6-12(13(18)8-10)15-19-14(20-21-15)7-9-1-4-11(17)5-2-9/h1-6,8H,7,18H2. The molecule has 4 nitrogen and oxygen atoms in total. The highest BCUT2D eigenvalue weighted by molar-refractivity contribution is 9.10. The van der Waals surface area contributed by atoms with Gasteiger partial charge in [-0.25, -0.2) is 4.39 Å². The van der Waals surface area contributed by atoms with Crippen molar-refractivity contribution in [1.29, 1.82) is 0 Å². The van der Waals surface area contributed by atoms with Crippen LogP contribution in [0.25, 0.3) is 11.5 Å². The van der Waals surface area contributed by atoms with Crippen LogP contribution in [0.15, 0.2) is 51.5 Å². The number of nitrogen functional groups attached to an aromatic ring is 1. The molecule has 0 amide bonds. The Morgan fingerprint density at radius 3 is 2.62 bits per heavy atom. The molecule has 1 heterocycles. The molecule has 2 aromatic carbocycles. The third-order valence-corrected chi connectivity index (χ3v) is 3.48. The maximum absolute atomic E-state index is 12.9. The predicted molar refractivity (Wildman–Crippen MR) is 81.1 cm³/mol. The molecule has 3 aromatic rings. The smallest absolute Gasteiger partial charge is 0.260 e. The van der Waals surface area contributed by atoms with Crippen molar-refractivity contribution in [3.8, 4) is 11.5 Å². The SMILES string of the molecule is Nc1cc(Br)ccc1-c1nc(Cc2ccc(F)cc2)no1. The second-order valence-electron chi connectivity index (χ2n) is 4.55. The van der Waals surface area contributed by atoms with Gasteiger partial charge in [-0.2, -0.15) is 4.98 Å². The maximum atomic E-state index is 12.9. The number of anilines is 1. The minimum absolute atomic E-state index is 0.268. The monoisotopic (exact) mass is 347 g/mol. The van der Waals surface area contributed by atoms with E-state index < -0.39 is 0 Å². The van der Waals surface area contributed by atoms with E-state index in [0.717, 1.165) is 10.0 Å². The highest BCUT2D eigenvalue weighted by atomic mass is 79.9. The lowest BCUT2D eigenvalue weighted by Gasteiger charge is -2.00. The van der Waals surface area contributed by atoms with E-state index in [1.807, 2.05) is 12.1 Å². The topological polar surface area (TPSA) is 64.9 Å². The van der Waals surface area contributed by atoms with Gasteiger partial charge in [0, 0.05) is 16.6 Å². The molecule has 21 heavy (non-hydrogen) atoms. The molecule has 1 aromatic heterocycles. The molecule has 106 valence electrons. The van der Waals surface area contributed by atoms with Crippen LogP contribution >= 0.6 is 15.9 Å². The van der Waals surface area contributed by atoms with Crippen LogP contribution in [0.2, 0.25) is 0 Å². The summed E-state index contributed by atoms with van der Waals surface area (Å²) in [6.07, 6.45) is 0.472. The summed E-state index contributed by atoms with van der Waals surface area (Å²) in [7, 11) is 0. The number of hydrogen-bond donors (Lipinski definition) is 1. The van der Waals surface area contributed by atoms with E-state index in [2.05, 4.69) is 26.1 Å². The molecule has 0 saturated heterocycles. The summed E-state index contributed by atoms with van der Waals surface area (Å²) in [6, 6.07) is 11.6. The van der Waals surface area contributed by atoms with Crippen LogP contribution in [0.3, 0.4) is 0 Å². The van der Waals surface area contributed by atoms with Gasteiger partial charge in [-0.3, -0.25) is 0 Å². The summed E-state index contributed by atoms with van der Waals surface area (Å²) in [5, 5.41) is 3.93. The van der Waals surface area contributed by atoms with Gasteiger partial charge in [0.1, 0.15) is 5.82 Å². The normalized spacial score (nSPS) is 10.8. The quantitative estimate of drug-likeness (QED) is 0.731. The minimum atomic E-state index is -0.268. The Kier molecular flexibility index (Phi) is 3.70. The van der Waals surface area contributed by atoms with Crippen LogP contribution < -0.4 is 5.73 Å². The second kappa shape index (κ2) is 5.65. The molecule has 0 aliphatic rings. The fourth-order valence-electron chi connectivity index (χ4n) is 1.95. The Hall–Kier alpha value is -2.21. The number of aromatic nitrogens is 2. The van der Waals surface area contributed by atoms with Crippen molar-refractivity contribution in [3.05, 3.63) is 64.1 Å². The van der Waals surface area contributed by atoms with Crippen LogP contribution in [0.1, 0.15) is 11.4 Å². The Morgan fingerprint density at radius 1 is 1.14 bits per heavy atom. The zero-order valence-corrected chi connectivity index (χ0v) is 12.5. The van der Waals surface area contributed by atoms with Gasteiger partial charge in [-0.15, -0.1) is 0 Å². The van der Waals surface area contributed by atoms with Crippen molar-refractivity contribution >= 4 is 21.6 Å². The second-order valence-corrected chi connectivity index (χ2v) is 5.47. The van der Waals surface area contributed by atoms with E-state index in [0.29, 0.717) is 29.4 Å². The van der Waals surface area contributed by atoms with E-state index in [-0.39, 0.29) is 5.82 Å². The van der Waals surface area contributed by atoms with Crippen molar-refractivity contribution in [2.75, 3.05) is 5.73 Å². The first-order chi connectivity index (χ1) is 10.1. The molecule has 0 aliphatic carbocycles. The zero-order chi connectivity index (χ0) is 14.8. The van der Waals surface area contributed by atoms with E-state index in [1.54, 1.807) is 18.2 Å². The molecule has 0 spiro atoms. The Balaban J connectivity index is 1.84. The third-order valence-electron chi connectivity index (χ3n) is 2.99. The first-order valence-corrected chi connectivity index (χ1v) is 7.03. The van der Waals surface area contributed by atoms with Crippen molar-refractivity contribution in [2.45, 2.75) is 6.42 Å². The summed E-state index contributed by atoms with van der Waals surface area (Å²) < 4.78 is 19.0. The zero-order valence-electron chi connectivity index (χ0n) is 10.9. The van der Waals surface area contributed by atoms with Gasteiger partial charge in [0.25, 0.3) is 5.89 Å². The van der Waals surface area contributed by atoms with Gasteiger partial charge < -0.3 is 10.3 Å². The number of rotatable bonds is 3. The molecule has 2 N–H and O–H groups in total. The number of halogens is 2. The summed E-state index contributed by atoms with van der Waals surface area (Å²) in [5.41, 5.74) is 8.09. The summed E-state index contributed by atoms with van der Waals surface area (Å²) in [5.74, 6) is 0.631. The molecule has 0 saturated carbocycles. The van der Waals surface area contributed by atoms with E-state index in [4.69, 9.17) is 10.3 Å². The fourth-order valence-corrected chi connectivity index (χ4v) is 2.33. The Labute approximate surface area is 128 Å². The van der Waals surface area contributed by atoms with Crippen molar-refractivity contribution in [1.82, 2.24) is 10.1 Å². The largest absolute Gasteiger partial charge is 0.398 e. The Morgan fingerprint density at radius 2 is 1.90 bits per heavy atom. The first kappa shape index (κ1) is 13.8. The van der Waals surface area contributed by atoms with Gasteiger partial charge >= 0.3 is 0 Å². The number of nitrogens with zero attached hydrogens (tertiary/aromatic N) is 2. The summed E-state index contributed by atoms with van der Waals surface area (Å²) >= 11 is 3.35. The van der Waals surface area contributed by atoms with Crippen molar-refractivity contribution < 1.29 is 8.91 Å². The van der Waals surface area contributed by atoms with Gasteiger partial charge in [0.05, 0.1) is 5.56 Å². The Bertz CT molecular complexity index is 771. The van der Waals surface area contributed by atoms with E-state index in [9.17, 15) is 4.39 Å². The average Bonchev–Trinajstić information content (AvgIpc) is 2.90. The molecular formula is C15H11BrFN3O. The van der Waals surface area contributed by atoms with Crippen LogP contribution in [0.5, 0.6) is 0 Å². The molecule has 3 rings (SSSR count). The summed E-state index contributed by atoms with van der Waals surface area (Å²) in [6.45, 7) is 0. The average molecular weight is 348 g/mol. The lowest BCUT2D eigenvalue weighted by Crippen LogP contribution is -1.92. The minimum Gasteiger partial charge on any atom is -0.398 e. The van der Waals surface area contributed by atoms with Gasteiger partial charge in [-0.1, -0.05) is 33.2 Å². The van der Waals surface area contributed by atoms with Gasteiger partial charge in [0.2, 0.25) is 0 Å². The molecule has 0 unspecified atom stereocenters. The molecule has 0 aliphatic heterocycles. The van der Waals surface area contributed by atoms with Gasteiger partial charge in [0.15, 0.2) is 5.82 Å². The molecule has 0 fully saturated rings. The van der Waals surface area contributed by atoms with Crippen molar-refractivity contribution in [2.24, 2.45) is 0 Å². The lowest BCUT2D eigenvalue weighted by atomic mass is 10.1. The van der Waals surface area contributed by atoms with Crippen LogP contribution in [-0.4, -0.2) is 10.1 Å². The number of benzene rings is 2. The number of hydrogen-bond acceptors (Lipinski definition) is 4. The molecule has 0 radical (unpaired) electrons. The molecular weight excluding hydrogens is 337 g/mol. The highest BCUT2D eigenvalue weighted by Gasteiger charge is 2.12. The number of nitrogens with two attached hydrogens (primary N) is 1. The van der Waals surface area contributed by atoms with Crippen LogP contribution in [-0.2, 0) is 6.42 Å². The molecule has 0 atom stereocenters. The molecule has 6 heteroatoms. The third kappa shape index (κ3) is 3.11. The maximum Gasteiger partial charge on any atom is 0.260 e. The first-order valence-electron chi connectivity index (χ1n) is 6.24.